The van der Waals surface area contributed by atoms with Crippen LogP contribution in [0.25, 0.3) is 0 Å². The maximum Gasteiger partial charge on any atom is 0.191 e. The van der Waals surface area contributed by atoms with Crippen LogP contribution in [-0.4, -0.2) is 40.4 Å². The molecule has 2 heterocycles. The predicted molar refractivity (Wildman–Crippen MR) is 72.7 cm³/mol. The third-order valence-electron chi connectivity index (χ3n) is 2.82. The van der Waals surface area contributed by atoms with Gasteiger partial charge in [-0.15, -0.1) is 10.2 Å². The summed E-state index contributed by atoms with van der Waals surface area (Å²) >= 11 is 7.14. The van der Waals surface area contributed by atoms with Crippen LogP contribution in [-0.2, 0) is 16.9 Å². The minimum atomic E-state index is -2.90. The molecule has 0 amide bonds. The zero-order valence-corrected chi connectivity index (χ0v) is 12.4. The van der Waals surface area contributed by atoms with E-state index in [-0.39, 0.29) is 17.4 Å². The Hall–Kier alpha value is -0.530. The van der Waals surface area contributed by atoms with Crippen molar-refractivity contribution in [3.8, 4) is 0 Å². The van der Waals surface area contributed by atoms with Crippen molar-refractivity contribution in [3.05, 3.63) is 17.4 Å². The molecule has 0 aliphatic carbocycles. The second-order valence-corrected chi connectivity index (χ2v) is 8.01. The highest BCUT2D eigenvalue weighted by molar-refractivity contribution is 7.99. The van der Waals surface area contributed by atoms with Gasteiger partial charge < -0.3 is 4.57 Å². The van der Waals surface area contributed by atoms with Crippen LogP contribution < -0.4 is 0 Å². The molecule has 5 nitrogen and oxygen atoms in total. The molecule has 0 unspecified atom stereocenters. The number of aromatic nitrogens is 3. The minimum absolute atomic E-state index is 0.0407. The fourth-order valence-electron chi connectivity index (χ4n) is 1.95. The average Bonchev–Trinajstić information content (AvgIpc) is 2.79. The fourth-order valence-corrected chi connectivity index (χ4v) is 4.52. The van der Waals surface area contributed by atoms with Crippen molar-refractivity contribution < 1.29 is 8.42 Å². The summed E-state index contributed by atoms with van der Waals surface area (Å²) < 4.78 is 24.8. The van der Waals surface area contributed by atoms with E-state index in [9.17, 15) is 8.42 Å². The van der Waals surface area contributed by atoms with Gasteiger partial charge >= 0.3 is 0 Å². The molecule has 1 aliphatic heterocycles. The quantitative estimate of drug-likeness (QED) is 0.790. The van der Waals surface area contributed by atoms with Gasteiger partial charge in [-0.05, 0) is 6.42 Å². The first kappa shape index (κ1) is 13.9. The lowest BCUT2D eigenvalue weighted by Gasteiger charge is -2.07. The van der Waals surface area contributed by atoms with E-state index in [1.54, 1.807) is 0 Å². The van der Waals surface area contributed by atoms with E-state index in [1.807, 2.05) is 11.6 Å². The third kappa shape index (κ3) is 3.07. The molecule has 1 aliphatic rings. The van der Waals surface area contributed by atoms with Crippen LogP contribution in [0.15, 0.2) is 16.8 Å². The van der Waals surface area contributed by atoms with E-state index >= 15 is 0 Å². The Labute approximate surface area is 116 Å². The number of rotatable bonds is 4. The molecule has 2 rings (SSSR count). The second-order valence-electron chi connectivity index (χ2n) is 4.31. The maximum atomic E-state index is 11.5. The molecule has 1 saturated heterocycles. The first-order valence-electron chi connectivity index (χ1n) is 5.45. The van der Waals surface area contributed by atoms with Crippen LogP contribution in [0.2, 0.25) is 0 Å². The number of hydrogen-bond donors (Lipinski definition) is 0. The van der Waals surface area contributed by atoms with Crippen LogP contribution in [0.3, 0.4) is 0 Å². The largest absolute Gasteiger partial charge is 0.309 e. The Bertz CT molecular complexity index is 568. The molecule has 1 fully saturated rings. The molecule has 100 valence electrons. The van der Waals surface area contributed by atoms with Crippen molar-refractivity contribution in [1.82, 2.24) is 14.8 Å². The van der Waals surface area contributed by atoms with E-state index in [4.69, 9.17) is 11.6 Å². The molecule has 0 spiro atoms. The summed E-state index contributed by atoms with van der Waals surface area (Å²) in [5.41, 5.74) is 0. The number of hydrogen-bond acceptors (Lipinski definition) is 5. The van der Waals surface area contributed by atoms with Crippen LogP contribution in [0.4, 0.5) is 0 Å². The monoisotopic (exact) mass is 307 g/mol. The molecule has 0 N–H and O–H groups in total. The summed E-state index contributed by atoms with van der Waals surface area (Å²) in [5, 5.41) is 9.44. The van der Waals surface area contributed by atoms with E-state index in [2.05, 4.69) is 16.8 Å². The van der Waals surface area contributed by atoms with Crippen molar-refractivity contribution in [2.45, 2.75) is 17.5 Å². The molecule has 0 radical (unpaired) electrons. The molecule has 1 aromatic rings. The standard InChI is InChI=1S/C10H14ClN3O2S2/c1-7(11)5-17-10-13-12-9(14(10)2)8-3-4-18(15,16)6-8/h8H,1,3-6H2,2H3/t8-/m1/s1. The topological polar surface area (TPSA) is 64.8 Å². The summed E-state index contributed by atoms with van der Waals surface area (Å²) in [5.74, 6) is 1.67. The Kier molecular flexibility index (Phi) is 4.03. The smallest absolute Gasteiger partial charge is 0.191 e. The predicted octanol–water partition coefficient (Wildman–Crippen LogP) is 1.56. The number of thioether (sulfide) groups is 1. The van der Waals surface area contributed by atoms with Crippen molar-refractivity contribution in [1.29, 1.82) is 0 Å². The Morgan fingerprint density at radius 3 is 2.89 bits per heavy atom. The first-order chi connectivity index (χ1) is 8.39. The number of sulfone groups is 1. The van der Waals surface area contributed by atoms with E-state index in [0.29, 0.717) is 17.2 Å². The number of halogens is 1. The molecule has 18 heavy (non-hydrogen) atoms. The van der Waals surface area contributed by atoms with Crippen LogP contribution >= 0.6 is 23.4 Å². The molecule has 1 atom stereocenters. The van der Waals surface area contributed by atoms with Crippen molar-refractivity contribution in [2.24, 2.45) is 7.05 Å². The van der Waals surface area contributed by atoms with Crippen LogP contribution in [0, 0.1) is 0 Å². The van der Waals surface area contributed by atoms with Gasteiger partial charge in [0, 0.05) is 23.8 Å². The molecular weight excluding hydrogens is 294 g/mol. The summed E-state index contributed by atoms with van der Waals surface area (Å²) in [6.45, 7) is 3.61. The van der Waals surface area contributed by atoms with Gasteiger partial charge in [0.05, 0.1) is 11.5 Å². The van der Waals surface area contributed by atoms with Gasteiger partial charge in [-0.2, -0.15) is 0 Å². The molecule has 0 bridgehead atoms. The van der Waals surface area contributed by atoms with Crippen LogP contribution in [0.5, 0.6) is 0 Å². The zero-order valence-electron chi connectivity index (χ0n) is 9.97. The van der Waals surface area contributed by atoms with Gasteiger partial charge in [-0.3, -0.25) is 0 Å². The summed E-state index contributed by atoms with van der Waals surface area (Å²) in [7, 11) is -1.05. The van der Waals surface area contributed by atoms with Gasteiger partial charge in [-0.1, -0.05) is 29.9 Å². The molecule has 8 heteroatoms. The average molecular weight is 308 g/mol. The van der Waals surface area contributed by atoms with Crippen molar-refractivity contribution in [2.75, 3.05) is 17.3 Å². The van der Waals surface area contributed by atoms with Crippen molar-refractivity contribution >= 4 is 33.2 Å². The van der Waals surface area contributed by atoms with E-state index in [1.165, 1.54) is 11.8 Å². The third-order valence-corrected chi connectivity index (χ3v) is 5.99. The van der Waals surface area contributed by atoms with Gasteiger partial charge in [0.2, 0.25) is 0 Å². The van der Waals surface area contributed by atoms with Crippen molar-refractivity contribution in [3.63, 3.8) is 0 Å². The normalized spacial score (nSPS) is 22.2. The second kappa shape index (κ2) is 5.22. The maximum absolute atomic E-state index is 11.5. The van der Waals surface area contributed by atoms with Gasteiger partial charge in [0.15, 0.2) is 15.0 Å². The van der Waals surface area contributed by atoms with Crippen LogP contribution in [0.1, 0.15) is 18.2 Å². The number of nitrogens with zero attached hydrogens (tertiary/aromatic N) is 3. The highest BCUT2D eigenvalue weighted by atomic mass is 35.5. The van der Waals surface area contributed by atoms with Gasteiger partial charge in [-0.25, -0.2) is 8.42 Å². The lowest BCUT2D eigenvalue weighted by Crippen LogP contribution is -2.09. The van der Waals surface area contributed by atoms with E-state index in [0.717, 1.165) is 11.0 Å². The fraction of sp³-hybridized carbons (Fsp3) is 0.600. The Morgan fingerprint density at radius 2 is 2.33 bits per heavy atom. The van der Waals surface area contributed by atoms with Gasteiger partial charge in [0.1, 0.15) is 5.82 Å². The summed E-state index contributed by atoms with van der Waals surface area (Å²) in [4.78, 5) is 0. The lowest BCUT2D eigenvalue weighted by molar-refractivity contribution is 0.599. The minimum Gasteiger partial charge on any atom is -0.309 e. The summed E-state index contributed by atoms with van der Waals surface area (Å²) in [6.07, 6.45) is 0.626. The zero-order chi connectivity index (χ0) is 13.3. The molecule has 1 aromatic heterocycles. The first-order valence-corrected chi connectivity index (χ1v) is 8.63. The van der Waals surface area contributed by atoms with Gasteiger partial charge in [0.25, 0.3) is 0 Å². The molecule has 0 saturated carbocycles. The molecule has 0 aromatic carbocycles. The highest BCUT2D eigenvalue weighted by Gasteiger charge is 2.32. The molecular formula is C10H14ClN3O2S2. The van der Waals surface area contributed by atoms with E-state index < -0.39 is 9.84 Å². The lowest BCUT2D eigenvalue weighted by atomic mass is 10.1. The SMILES string of the molecule is C=C(Cl)CSc1nnc([C@@H]2CCS(=O)(=O)C2)n1C. The highest BCUT2D eigenvalue weighted by Crippen LogP contribution is 2.29. The Morgan fingerprint density at radius 1 is 1.61 bits per heavy atom. The Balaban J connectivity index is 2.14. The summed E-state index contributed by atoms with van der Waals surface area (Å²) in [6, 6.07) is 0.